The van der Waals surface area contributed by atoms with Gasteiger partial charge in [-0.1, -0.05) is 13.8 Å². The molecule has 2 aliphatic heterocycles. The summed E-state index contributed by atoms with van der Waals surface area (Å²) in [5, 5.41) is 16.1. The fourth-order valence-corrected chi connectivity index (χ4v) is 10.6. The molecule has 42 heavy (non-hydrogen) atoms. The van der Waals surface area contributed by atoms with E-state index in [-0.39, 0.29) is 47.9 Å². The minimum atomic E-state index is -0.982. The summed E-state index contributed by atoms with van der Waals surface area (Å²) < 4.78 is 11.2. The van der Waals surface area contributed by atoms with Crippen LogP contribution in [0.2, 0.25) is 0 Å². The van der Waals surface area contributed by atoms with E-state index in [0.29, 0.717) is 18.3 Å². The summed E-state index contributed by atoms with van der Waals surface area (Å²) in [6.45, 7) is 10.2. The Kier molecular flexibility index (Phi) is 7.91. The van der Waals surface area contributed by atoms with Gasteiger partial charge in [-0.15, -0.1) is 0 Å². The van der Waals surface area contributed by atoms with Crippen molar-refractivity contribution in [2.75, 3.05) is 39.8 Å². The number of carbonyl (C=O) groups excluding carboxylic acids is 3. The highest BCUT2D eigenvalue weighted by molar-refractivity contribution is 5.85. The Morgan fingerprint density at radius 3 is 2.60 bits per heavy atom. The van der Waals surface area contributed by atoms with E-state index in [4.69, 9.17) is 9.47 Å². The zero-order chi connectivity index (χ0) is 29.9. The van der Waals surface area contributed by atoms with Gasteiger partial charge in [0.05, 0.1) is 5.60 Å². The SMILES string of the molecule is CC(=O)O[C@H]1C[C@]2(O)[C@@H]3CC[C@@H]4C[C@@H](NC(=O)N(C)CCN5CCCC5)CC[C@]4(C)[C@H]3CC[C@]2(C)[C@H]1C1=CC(=O)OC1. The van der Waals surface area contributed by atoms with Crippen LogP contribution in [0.25, 0.3) is 0 Å². The lowest BCUT2D eigenvalue weighted by Gasteiger charge is -2.63. The molecule has 4 aliphatic carbocycles. The molecule has 4 saturated carbocycles. The van der Waals surface area contributed by atoms with Gasteiger partial charge in [-0.25, -0.2) is 9.59 Å². The van der Waals surface area contributed by atoms with Crippen LogP contribution < -0.4 is 5.32 Å². The number of nitrogens with one attached hydrogen (secondary N) is 1. The van der Waals surface area contributed by atoms with Gasteiger partial charge in [-0.2, -0.15) is 0 Å². The monoisotopic (exact) mass is 585 g/mol. The second kappa shape index (κ2) is 11.1. The van der Waals surface area contributed by atoms with Gasteiger partial charge in [0.2, 0.25) is 0 Å². The number of urea groups is 1. The van der Waals surface area contributed by atoms with E-state index in [1.54, 1.807) is 6.08 Å². The molecule has 0 aromatic heterocycles. The number of hydrogen-bond acceptors (Lipinski definition) is 7. The molecule has 6 rings (SSSR count). The first kappa shape index (κ1) is 29.9. The average molecular weight is 586 g/mol. The number of cyclic esters (lactones) is 1. The third-order valence-electron chi connectivity index (χ3n) is 12.9. The molecular formula is C33H51N3O6. The summed E-state index contributed by atoms with van der Waals surface area (Å²) >= 11 is 0. The molecule has 9 atom stereocenters. The molecule has 0 spiro atoms. The van der Waals surface area contributed by atoms with Gasteiger partial charge < -0.3 is 29.7 Å². The molecule has 0 radical (unpaired) electrons. The van der Waals surface area contributed by atoms with E-state index in [0.717, 1.165) is 76.7 Å². The van der Waals surface area contributed by atoms with E-state index in [9.17, 15) is 19.5 Å². The molecule has 2 amide bonds. The van der Waals surface area contributed by atoms with Crippen LogP contribution >= 0.6 is 0 Å². The average Bonchev–Trinajstić information content (AvgIpc) is 3.65. The number of rotatable bonds is 6. The van der Waals surface area contributed by atoms with Crippen LogP contribution in [0, 0.1) is 34.5 Å². The molecule has 9 heteroatoms. The fourth-order valence-electron chi connectivity index (χ4n) is 10.6. The molecule has 0 aromatic carbocycles. The summed E-state index contributed by atoms with van der Waals surface area (Å²) in [6, 6.07) is 0.228. The summed E-state index contributed by atoms with van der Waals surface area (Å²) in [7, 11) is 1.91. The minimum absolute atomic E-state index is 0.0384. The second-order valence-corrected chi connectivity index (χ2v) is 14.9. The maximum Gasteiger partial charge on any atom is 0.331 e. The van der Waals surface area contributed by atoms with E-state index < -0.39 is 17.1 Å². The Labute approximate surface area is 250 Å². The molecular weight excluding hydrogens is 534 g/mol. The third-order valence-corrected chi connectivity index (χ3v) is 12.9. The lowest BCUT2D eigenvalue weighted by molar-refractivity contribution is -0.204. The Morgan fingerprint density at radius 1 is 1.14 bits per heavy atom. The van der Waals surface area contributed by atoms with Crippen LogP contribution in [0.3, 0.4) is 0 Å². The predicted octanol–water partition coefficient (Wildman–Crippen LogP) is 3.89. The normalized spacial score (nSPS) is 43.1. The van der Waals surface area contributed by atoms with Crippen LogP contribution in [-0.4, -0.2) is 90.5 Å². The van der Waals surface area contributed by atoms with Crippen LogP contribution in [0.5, 0.6) is 0 Å². The number of nitrogens with zero attached hydrogens (tertiary/aromatic N) is 2. The van der Waals surface area contributed by atoms with E-state index in [2.05, 4.69) is 24.1 Å². The van der Waals surface area contributed by atoms with Crippen LogP contribution in [0.15, 0.2) is 11.6 Å². The lowest BCUT2D eigenvalue weighted by Crippen LogP contribution is -2.63. The van der Waals surface area contributed by atoms with Crippen molar-refractivity contribution in [2.45, 2.75) is 103 Å². The summed E-state index contributed by atoms with van der Waals surface area (Å²) in [6.07, 6.45) is 10.8. The Bertz CT molecular complexity index is 1120. The maximum absolute atomic E-state index is 13.0. The topological polar surface area (TPSA) is 108 Å². The highest BCUT2D eigenvalue weighted by Gasteiger charge is 2.71. The molecule has 1 saturated heterocycles. The number of hydrogen-bond donors (Lipinski definition) is 2. The van der Waals surface area contributed by atoms with Crippen molar-refractivity contribution in [3.8, 4) is 0 Å². The predicted molar refractivity (Wildman–Crippen MR) is 157 cm³/mol. The largest absolute Gasteiger partial charge is 0.462 e. The zero-order valence-corrected chi connectivity index (χ0v) is 26.0. The molecule has 2 heterocycles. The number of likely N-dealkylation sites (tertiary alicyclic amines) is 1. The fraction of sp³-hybridized carbons (Fsp3) is 0.848. The number of fused-ring (bicyclic) bond motifs is 5. The zero-order valence-electron chi connectivity index (χ0n) is 26.0. The van der Waals surface area contributed by atoms with Gasteiger partial charge in [0.25, 0.3) is 0 Å². The quantitative estimate of drug-likeness (QED) is 0.456. The van der Waals surface area contributed by atoms with Crippen LogP contribution in [-0.2, 0) is 19.1 Å². The van der Waals surface area contributed by atoms with Gasteiger partial charge in [-0.3, -0.25) is 4.79 Å². The maximum atomic E-state index is 13.0. The van der Waals surface area contributed by atoms with Crippen LogP contribution in [0.1, 0.15) is 85.0 Å². The van der Waals surface area contributed by atoms with Crippen molar-refractivity contribution in [3.63, 3.8) is 0 Å². The van der Waals surface area contributed by atoms with Crippen LogP contribution in [0.4, 0.5) is 4.79 Å². The van der Waals surface area contributed by atoms with Crippen molar-refractivity contribution >= 4 is 18.0 Å². The van der Waals surface area contributed by atoms with E-state index in [1.807, 2.05) is 11.9 Å². The van der Waals surface area contributed by atoms with Gasteiger partial charge >= 0.3 is 18.0 Å². The number of carbonyl (C=O) groups is 3. The number of esters is 2. The molecule has 2 N–H and O–H groups in total. The first-order valence-corrected chi connectivity index (χ1v) is 16.5. The number of ether oxygens (including phenoxy) is 2. The van der Waals surface area contributed by atoms with Crippen molar-refractivity contribution in [1.82, 2.24) is 15.1 Å². The number of amides is 2. The molecule has 0 unspecified atom stereocenters. The summed E-state index contributed by atoms with van der Waals surface area (Å²) in [4.78, 5) is 41.5. The molecule has 0 bridgehead atoms. The molecule has 9 nitrogen and oxygen atoms in total. The Morgan fingerprint density at radius 2 is 1.90 bits per heavy atom. The molecule has 5 fully saturated rings. The van der Waals surface area contributed by atoms with Gasteiger partial charge in [0, 0.05) is 56.9 Å². The first-order valence-electron chi connectivity index (χ1n) is 16.5. The second-order valence-electron chi connectivity index (χ2n) is 14.9. The van der Waals surface area contributed by atoms with E-state index in [1.165, 1.54) is 19.8 Å². The van der Waals surface area contributed by atoms with Gasteiger partial charge in [0.15, 0.2) is 0 Å². The Hall–Kier alpha value is -2.13. The van der Waals surface area contributed by atoms with Crippen molar-refractivity contribution < 1.29 is 29.0 Å². The molecule has 0 aromatic rings. The summed E-state index contributed by atoms with van der Waals surface area (Å²) in [5.41, 5.74) is -0.527. The van der Waals surface area contributed by atoms with Gasteiger partial charge in [0.1, 0.15) is 12.7 Å². The van der Waals surface area contributed by atoms with E-state index >= 15 is 0 Å². The smallest absolute Gasteiger partial charge is 0.331 e. The van der Waals surface area contributed by atoms with Crippen molar-refractivity contribution in [2.24, 2.45) is 34.5 Å². The highest BCUT2D eigenvalue weighted by Crippen LogP contribution is 2.70. The number of likely N-dealkylation sites (N-methyl/N-ethyl adjacent to an activating group) is 1. The molecule has 234 valence electrons. The highest BCUT2D eigenvalue weighted by atomic mass is 16.5. The minimum Gasteiger partial charge on any atom is -0.462 e. The first-order chi connectivity index (χ1) is 19.9. The summed E-state index contributed by atoms with van der Waals surface area (Å²) in [5.74, 6) is 0.0664. The van der Waals surface area contributed by atoms with Gasteiger partial charge in [-0.05, 0) is 99.6 Å². The van der Waals surface area contributed by atoms with Crippen molar-refractivity contribution in [3.05, 3.63) is 11.6 Å². The lowest BCUT2D eigenvalue weighted by atomic mass is 9.43. The molecule has 6 aliphatic rings. The third kappa shape index (κ3) is 4.96. The number of aliphatic hydroxyl groups is 1. The van der Waals surface area contributed by atoms with Crippen molar-refractivity contribution in [1.29, 1.82) is 0 Å². The Balaban J connectivity index is 1.14. The standard InChI is InChI=1S/C33H51N3O6/c1-21(37)42-27-19-33(40)26-8-7-23-18-24(34-30(39)35(4)15-16-36-13-5-6-14-36)9-11-31(23,2)25(26)10-12-32(33,3)29(27)22-17-28(38)41-20-22/h17,23-27,29,40H,5-16,18-20H2,1-4H3,(H,34,39)/t23-,24+,25+,26-,27+,29+,31+,32-,33+/m1/s1.